The van der Waals surface area contributed by atoms with E-state index in [4.69, 9.17) is 22.3 Å². The lowest BCUT2D eigenvalue weighted by molar-refractivity contribution is 0.0933. The van der Waals surface area contributed by atoms with Gasteiger partial charge in [-0.25, -0.2) is 12.8 Å². The Kier molecular flexibility index (Phi) is 4.80. The van der Waals surface area contributed by atoms with Gasteiger partial charge < -0.3 is 5.32 Å². The Morgan fingerprint density at radius 3 is 2.62 bits per heavy atom. The fourth-order valence-corrected chi connectivity index (χ4v) is 3.61. The summed E-state index contributed by atoms with van der Waals surface area (Å²) < 4.78 is 36.5. The molecule has 1 unspecified atom stereocenters. The van der Waals surface area contributed by atoms with Gasteiger partial charge in [-0.2, -0.15) is 0 Å². The SMILES string of the molecule is CC(CC1CC1)NC(=O)c1cc(S(=O)(=O)Cl)c(Cl)cc1F. The molecule has 1 aliphatic carbocycles. The highest BCUT2D eigenvalue weighted by atomic mass is 35.7. The van der Waals surface area contributed by atoms with Crippen molar-refractivity contribution < 1.29 is 17.6 Å². The third-order valence-corrected chi connectivity index (χ3v) is 5.08. The average molecular weight is 354 g/mol. The van der Waals surface area contributed by atoms with Crippen molar-refractivity contribution in [2.45, 2.75) is 37.1 Å². The molecule has 4 nitrogen and oxygen atoms in total. The molecule has 8 heteroatoms. The summed E-state index contributed by atoms with van der Waals surface area (Å²) in [6.45, 7) is 1.82. The van der Waals surface area contributed by atoms with Crippen molar-refractivity contribution in [2.24, 2.45) is 5.92 Å². The molecule has 0 radical (unpaired) electrons. The van der Waals surface area contributed by atoms with Crippen molar-refractivity contribution in [1.29, 1.82) is 0 Å². The third kappa shape index (κ3) is 4.31. The Hall–Kier alpha value is -0.850. The molecule has 1 aliphatic rings. The molecule has 1 N–H and O–H groups in total. The average Bonchev–Trinajstić information content (AvgIpc) is 3.10. The van der Waals surface area contributed by atoms with Gasteiger partial charge in [0, 0.05) is 16.7 Å². The maximum Gasteiger partial charge on any atom is 0.262 e. The maximum absolute atomic E-state index is 13.8. The van der Waals surface area contributed by atoms with E-state index >= 15 is 0 Å². The summed E-state index contributed by atoms with van der Waals surface area (Å²) in [5, 5.41) is 2.29. The second-order valence-electron chi connectivity index (χ2n) is 5.25. The highest BCUT2D eigenvalue weighted by molar-refractivity contribution is 8.13. The Morgan fingerprint density at radius 2 is 2.10 bits per heavy atom. The second kappa shape index (κ2) is 6.10. The third-order valence-electron chi connectivity index (χ3n) is 3.29. The highest BCUT2D eigenvalue weighted by Crippen LogP contribution is 2.33. The molecule has 0 saturated heterocycles. The number of halogens is 3. The van der Waals surface area contributed by atoms with Crippen molar-refractivity contribution in [2.75, 3.05) is 0 Å². The molecule has 2 rings (SSSR count). The zero-order valence-corrected chi connectivity index (χ0v) is 13.5. The lowest BCUT2D eigenvalue weighted by Gasteiger charge is -2.14. The Bertz CT molecular complexity index is 674. The molecule has 1 saturated carbocycles. The van der Waals surface area contributed by atoms with E-state index in [9.17, 15) is 17.6 Å². The molecular weight excluding hydrogens is 340 g/mol. The first-order chi connectivity index (χ1) is 9.68. The van der Waals surface area contributed by atoms with Crippen molar-refractivity contribution in [1.82, 2.24) is 5.32 Å². The van der Waals surface area contributed by atoms with Crippen molar-refractivity contribution >= 4 is 37.2 Å². The van der Waals surface area contributed by atoms with Crippen LogP contribution in [-0.4, -0.2) is 20.4 Å². The molecule has 1 fully saturated rings. The molecule has 0 bridgehead atoms. The fraction of sp³-hybridized carbons (Fsp3) is 0.462. The molecule has 21 heavy (non-hydrogen) atoms. The fourth-order valence-electron chi connectivity index (χ4n) is 2.10. The van der Waals surface area contributed by atoms with Crippen LogP contribution in [0, 0.1) is 11.7 Å². The topological polar surface area (TPSA) is 63.2 Å². The number of rotatable bonds is 5. The van der Waals surface area contributed by atoms with Crippen LogP contribution in [0.25, 0.3) is 0 Å². The van der Waals surface area contributed by atoms with E-state index in [1.807, 2.05) is 6.92 Å². The van der Waals surface area contributed by atoms with E-state index in [1.54, 1.807) is 0 Å². The molecule has 116 valence electrons. The van der Waals surface area contributed by atoms with Gasteiger partial charge in [-0.05, 0) is 31.4 Å². The predicted molar refractivity (Wildman–Crippen MR) is 78.7 cm³/mol. The molecule has 0 heterocycles. The Balaban J connectivity index is 2.23. The predicted octanol–water partition coefficient (Wildman–Crippen LogP) is 3.33. The molecule has 0 spiro atoms. The number of hydrogen-bond acceptors (Lipinski definition) is 3. The first-order valence-electron chi connectivity index (χ1n) is 6.43. The quantitative estimate of drug-likeness (QED) is 0.825. The van der Waals surface area contributed by atoms with Crippen LogP contribution in [0.5, 0.6) is 0 Å². The van der Waals surface area contributed by atoms with Crippen LogP contribution < -0.4 is 5.32 Å². The van der Waals surface area contributed by atoms with Crippen LogP contribution in [0.2, 0.25) is 5.02 Å². The standard InChI is InChI=1S/C13H14Cl2FNO3S/c1-7(4-8-2-3-8)17-13(18)9-5-12(21(15,19)20)10(14)6-11(9)16/h5-8H,2-4H2,1H3,(H,17,18). The van der Waals surface area contributed by atoms with Crippen LogP contribution in [0.1, 0.15) is 36.5 Å². The van der Waals surface area contributed by atoms with Gasteiger partial charge in [-0.3, -0.25) is 4.79 Å². The summed E-state index contributed by atoms with van der Waals surface area (Å²) >= 11 is 5.64. The van der Waals surface area contributed by atoms with Gasteiger partial charge in [-0.15, -0.1) is 0 Å². The highest BCUT2D eigenvalue weighted by Gasteiger charge is 2.26. The minimum Gasteiger partial charge on any atom is -0.349 e. The van der Waals surface area contributed by atoms with Gasteiger partial charge >= 0.3 is 0 Å². The minimum atomic E-state index is -4.15. The van der Waals surface area contributed by atoms with Gasteiger partial charge in [0.05, 0.1) is 10.6 Å². The van der Waals surface area contributed by atoms with Gasteiger partial charge in [0.25, 0.3) is 15.0 Å². The first kappa shape index (κ1) is 16.5. The Morgan fingerprint density at radius 1 is 1.48 bits per heavy atom. The summed E-state index contributed by atoms with van der Waals surface area (Å²) in [5.74, 6) is -0.965. The minimum absolute atomic E-state index is 0.115. The monoisotopic (exact) mass is 353 g/mol. The number of carbonyl (C=O) groups is 1. The molecule has 1 amide bonds. The van der Waals surface area contributed by atoms with Crippen LogP contribution in [0.4, 0.5) is 4.39 Å². The largest absolute Gasteiger partial charge is 0.349 e. The number of amides is 1. The van der Waals surface area contributed by atoms with Gasteiger partial charge in [-0.1, -0.05) is 24.4 Å². The van der Waals surface area contributed by atoms with E-state index in [0.29, 0.717) is 5.92 Å². The summed E-state index contributed by atoms with van der Waals surface area (Å²) in [7, 11) is 1.06. The van der Waals surface area contributed by atoms with Crippen LogP contribution in [-0.2, 0) is 9.05 Å². The summed E-state index contributed by atoms with van der Waals surface area (Å²) in [6, 6.07) is 1.52. The van der Waals surface area contributed by atoms with Crippen molar-refractivity contribution in [3.05, 3.63) is 28.5 Å². The Labute approximate surface area is 132 Å². The summed E-state index contributed by atoms with van der Waals surface area (Å²) in [6.07, 6.45) is 3.11. The van der Waals surface area contributed by atoms with Crippen LogP contribution in [0.15, 0.2) is 17.0 Å². The summed E-state index contributed by atoms with van der Waals surface area (Å²) in [5.41, 5.74) is -0.388. The maximum atomic E-state index is 13.8. The van der Waals surface area contributed by atoms with Gasteiger partial charge in [0.1, 0.15) is 10.7 Å². The van der Waals surface area contributed by atoms with Gasteiger partial charge in [0.2, 0.25) is 0 Å². The number of benzene rings is 1. The molecule has 0 aromatic heterocycles. The number of hydrogen-bond donors (Lipinski definition) is 1. The molecule has 0 aliphatic heterocycles. The second-order valence-corrected chi connectivity index (χ2v) is 8.20. The zero-order chi connectivity index (χ0) is 15.8. The molecule has 1 aromatic carbocycles. The lowest BCUT2D eigenvalue weighted by atomic mass is 10.1. The normalized spacial score (nSPS) is 16.6. The van der Waals surface area contributed by atoms with Crippen molar-refractivity contribution in [3.63, 3.8) is 0 Å². The van der Waals surface area contributed by atoms with Crippen LogP contribution >= 0.6 is 22.3 Å². The van der Waals surface area contributed by atoms with E-state index in [2.05, 4.69) is 5.32 Å². The molecule has 1 aromatic rings. The van der Waals surface area contributed by atoms with Crippen LogP contribution in [0.3, 0.4) is 0 Å². The molecular formula is C13H14Cl2FNO3S. The van der Waals surface area contributed by atoms with E-state index in [-0.39, 0.29) is 16.6 Å². The lowest BCUT2D eigenvalue weighted by Crippen LogP contribution is -2.33. The smallest absolute Gasteiger partial charge is 0.262 e. The summed E-state index contributed by atoms with van der Waals surface area (Å²) in [4.78, 5) is 11.6. The number of carbonyl (C=O) groups excluding carboxylic acids is 1. The van der Waals surface area contributed by atoms with E-state index in [1.165, 1.54) is 0 Å². The first-order valence-corrected chi connectivity index (χ1v) is 9.11. The van der Waals surface area contributed by atoms with E-state index in [0.717, 1.165) is 31.4 Å². The van der Waals surface area contributed by atoms with E-state index < -0.39 is 25.7 Å². The molecule has 1 atom stereocenters. The van der Waals surface area contributed by atoms with Crippen molar-refractivity contribution in [3.8, 4) is 0 Å². The van der Waals surface area contributed by atoms with Gasteiger partial charge in [0.15, 0.2) is 0 Å². The number of nitrogens with one attached hydrogen (secondary N) is 1. The zero-order valence-electron chi connectivity index (χ0n) is 11.2.